The normalized spacial score (nSPS) is 11.9. The fraction of sp³-hybridized carbons (Fsp3) is 0.263. The molecule has 2 rings (SSSR count). The van der Waals surface area contributed by atoms with E-state index in [9.17, 15) is 9.59 Å². The smallest absolute Gasteiger partial charge is 0.253 e. The van der Waals surface area contributed by atoms with E-state index in [1.165, 1.54) is 12.1 Å². The lowest BCUT2D eigenvalue weighted by molar-refractivity contribution is -0.124. The Morgan fingerprint density at radius 3 is 2.31 bits per heavy atom. The van der Waals surface area contributed by atoms with E-state index in [2.05, 4.69) is 10.6 Å². The van der Waals surface area contributed by atoms with Gasteiger partial charge in [-0.15, -0.1) is 0 Å². The van der Waals surface area contributed by atoms with Gasteiger partial charge in [0.15, 0.2) is 0 Å². The Hall–Kier alpha value is -1.75. The maximum absolute atomic E-state index is 12.5. The zero-order valence-corrected chi connectivity index (χ0v) is 16.6. The number of benzene rings is 2. The maximum atomic E-state index is 12.5. The van der Waals surface area contributed by atoms with Crippen LogP contribution in [-0.2, 0) is 11.3 Å². The number of nitrogens with one attached hydrogen (secondary N) is 2. The third kappa shape index (κ3) is 5.63. The highest BCUT2D eigenvalue weighted by molar-refractivity contribution is 6.36. The van der Waals surface area contributed by atoms with Gasteiger partial charge >= 0.3 is 0 Å². The molecule has 0 aliphatic rings. The molecule has 0 spiro atoms. The first kappa shape index (κ1) is 20.6. The summed E-state index contributed by atoms with van der Waals surface area (Å²) in [5, 5.41) is 6.83. The number of rotatable bonds is 6. The minimum atomic E-state index is -0.701. The molecule has 0 heterocycles. The minimum absolute atomic E-state index is 0.107. The monoisotopic (exact) mass is 412 g/mol. The van der Waals surface area contributed by atoms with Gasteiger partial charge in [-0.2, -0.15) is 0 Å². The van der Waals surface area contributed by atoms with Gasteiger partial charge < -0.3 is 10.6 Å². The van der Waals surface area contributed by atoms with Gasteiger partial charge in [-0.3, -0.25) is 9.59 Å². The van der Waals surface area contributed by atoms with Crippen LogP contribution >= 0.6 is 34.8 Å². The zero-order valence-electron chi connectivity index (χ0n) is 14.4. The van der Waals surface area contributed by atoms with E-state index < -0.39 is 11.9 Å². The molecule has 0 fully saturated rings. The predicted molar refractivity (Wildman–Crippen MR) is 106 cm³/mol. The summed E-state index contributed by atoms with van der Waals surface area (Å²) in [7, 11) is 0. The molecule has 0 saturated carbocycles. The molecular formula is C19H19Cl3N2O2. The van der Waals surface area contributed by atoms with Crippen molar-refractivity contribution >= 4 is 46.6 Å². The van der Waals surface area contributed by atoms with Crippen molar-refractivity contribution in [2.24, 2.45) is 5.92 Å². The zero-order chi connectivity index (χ0) is 19.3. The lowest BCUT2D eigenvalue weighted by Gasteiger charge is -2.22. The van der Waals surface area contributed by atoms with Gasteiger partial charge in [0, 0.05) is 16.6 Å². The summed E-state index contributed by atoms with van der Waals surface area (Å²) >= 11 is 17.9. The summed E-state index contributed by atoms with van der Waals surface area (Å²) in [4.78, 5) is 25.0. The van der Waals surface area contributed by atoms with E-state index in [1.54, 1.807) is 18.2 Å². The van der Waals surface area contributed by atoms with Crippen molar-refractivity contribution in [3.63, 3.8) is 0 Å². The van der Waals surface area contributed by atoms with Crippen molar-refractivity contribution in [1.82, 2.24) is 10.6 Å². The highest BCUT2D eigenvalue weighted by Gasteiger charge is 2.25. The summed E-state index contributed by atoms with van der Waals surface area (Å²) in [6.45, 7) is 4.03. The van der Waals surface area contributed by atoms with Crippen LogP contribution in [0, 0.1) is 5.92 Å². The molecule has 2 aromatic rings. The summed E-state index contributed by atoms with van der Waals surface area (Å²) in [5.41, 5.74) is 1.14. The van der Waals surface area contributed by atoms with Crippen LogP contribution < -0.4 is 10.6 Å². The molecule has 0 radical (unpaired) electrons. The average molecular weight is 414 g/mol. The van der Waals surface area contributed by atoms with Crippen LogP contribution in [0.4, 0.5) is 0 Å². The maximum Gasteiger partial charge on any atom is 0.253 e. The molecule has 0 unspecified atom stereocenters. The molecule has 2 amide bonds. The molecule has 0 aliphatic carbocycles. The molecular weight excluding hydrogens is 395 g/mol. The summed E-state index contributed by atoms with van der Waals surface area (Å²) in [6, 6.07) is 11.1. The van der Waals surface area contributed by atoms with E-state index in [0.29, 0.717) is 16.6 Å². The van der Waals surface area contributed by atoms with Crippen molar-refractivity contribution in [3.8, 4) is 0 Å². The molecule has 2 aromatic carbocycles. The summed E-state index contributed by atoms with van der Waals surface area (Å²) < 4.78 is 0. The van der Waals surface area contributed by atoms with Gasteiger partial charge in [0.05, 0.1) is 10.6 Å². The summed E-state index contributed by atoms with van der Waals surface area (Å²) in [6.07, 6.45) is 0. The van der Waals surface area contributed by atoms with Gasteiger partial charge in [0.25, 0.3) is 5.91 Å². The molecule has 4 nitrogen and oxygen atoms in total. The predicted octanol–water partition coefficient (Wildman–Crippen LogP) is 4.72. The lowest BCUT2D eigenvalue weighted by atomic mass is 10.0. The quantitative estimate of drug-likeness (QED) is 0.720. The van der Waals surface area contributed by atoms with Crippen LogP contribution in [-0.4, -0.2) is 17.9 Å². The summed E-state index contributed by atoms with van der Waals surface area (Å²) in [5.74, 6) is -0.814. The van der Waals surface area contributed by atoms with Crippen LogP contribution in [0.1, 0.15) is 29.8 Å². The number of hydrogen-bond acceptors (Lipinski definition) is 2. The molecule has 0 aliphatic heterocycles. The largest absolute Gasteiger partial charge is 0.350 e. The van der Waals surface area contributed by atoms with Crippen molar-refractivity contribution in [1.29, 1.82) is 0 Å². The third-order valence-corrected chi connectivity index (χ3v) is 4.55. The number of halogens is 3. The van der Waals surface area contributed by atoms with Crippen LogP contribution in [0.3, 0.4) is 0 Å². The Labute approximate surface area is 167 Å². The standard InChI is InChI=1S/C19H19Cl3N2O2/c1-11(2)17(19(26)23-10-12-4-3-5-13(20)8-12)24-18(25)15-7-6-14(21)9-16(15)22/h3-9,11,17H,10H2,1-2H3,(H,23,26)(H,24,25)/t17-/m0/s1. The Morgan fingerprint density at radius 2 is 1.69 bits per heavy atom. The highest BCUT2D eigenvalue weighted by atomic mass is 35.5. The fourth-order valence-electron chi connectivity index (χ4n) is 2.37. The molecule has 138 valence electrons. The van der Waals surface area contributed by atoms with Crippen molar-refractivity contribution < 1.29 is 9.59 Å². The van der Waals surface area contributed by atoms with Crippen molar-refractivity contribution in [2.45, 2.75) is 26.4 Å². The Bertz CT molecular complexity index is 809. The molecule has 0 bridgehead atoms. The second-order valence-electron chi connectivity index (χ2n) is 6.17. The minimum Gasteiger partial charge on any atom is -0.350 e. The number of carbonyl (C=O) groups is 2. The average Bonchev–Trinajstić information content (AvgIpc) is 2.57. The second-order valence-corrected chi connectivity index (χ2v) is 7.45. The first-order chi connectivity index (χ1) is 12.3. The topological polar surface area (TPSA) is 58.2 Å². The first-order valence-corrected chi connectivity index (χ1v) is 9.19. The molecule has 7 heteroatoms. The van der Waals surface area contributed by atoms with E-state index in [4.69, 9.17) is 34.8 Å². The molecule has 0 aromatic heterocycles. The van der Waals surface area contributed by atoms with Gasteiger partial charge in [0.2, 0.25) is 5.91 Å². The molecule has 26 heavy (non-hydrogen) atoms. The lowest BCUT2D eigenvalue weighted by Crippen LogP contribution is -2.49. The Balaban J connectivity index is 2.05. The van der Waals surface area contributed by atoms with Gasteiger partial charge in [-0.05, 0) is 41.8 Å². The van der Waals surface area contributed by atoms with Gasteiger partial charge in [0.1, 0.15) is 6.04 Å². The van der Waals surface area contributed by atoms with Gasteiger partial charge in [-0.25, -0.2) is 0 Å². The van der Waals surface area contributed by atoms with Crippen LogP contribution in [0.2, 0.25) is 15.1 Å². The van der Waals surface area contributed by atoms with Crippen LogP contribution in [0.25, 0.3) is 0 Å². The van der Waals surface area contributed by atoms with E-state index in [0.717, 1.165) is 5.56 Å². The van der Waals surface area contributed by atoms with Gasteiger partial charge in [-0.1, -0.05) is 60.8 Å². The molecule has 0 saturated heterocycles. The molecule has 1 atom stereocenters. The van der Waals surface area contributed by atoms with E-state index >= 15 is 0 Å². The highest BCUT2D eigenvalue weighted by Crippen LogP contribution is 2.21. The molecule has 2 N–H and O–H groups in total. The van der Waals surface area contributed by atoms with Crippen LogP contribution in [0.5, 0.6) is 0 Å². The van der Waals surface area contributed by atoms with Crippen molar-refractivity contribution in [3.05, 3.63) is 68.7 Å². The first-order valence-electron chi connectivity index (χ1n) is 8.06. The number of carbonyl (C=O) groups excluding carboxylic acids is 2. The second kappa shape index (κ2) is 9.26. The van der Waals surface area contributed by atoms with Crippen LogP contribution in [0.15, 0.2) is 42.5 Å². The van der Waals surface area contributed by atoms with E-state index in [1.807, 2.05) is 26.0 Å². The number of amides is 2. The van der Waals surface area contributed by atoms with E-state index in [-0.39, 0.29) is 22.4 Å². The van der Waals surface area contributed by atoms with Crippen molar-refractivity contribution in [2.75, 3.05) is 0 Å². The Kier molecular flexibility index (Phi) is 7.33. The third-order valence-electron chi connectivity index (χ3n) is 3.77. The fourth-order valence-corrected chi connectivity index (χ4v) is 3.08. The number of hydrogen-bond donors (Lipinski definition) is 2. The Morgan fingerprint density at radius 1 is 1.00 bits per heavy atom. The SMILES string of the molecule is CC(C)[C@H](NC(=O)c1ccc(Cl)cc1Cl)C(=O)NCc1cccc(Cl)c1.